The highest BCUT2D eigenvalue weighted by molar-refractivity contribution is 5.93. The van der Waals surface area contributed by atoms with E-state index in [1.807, 2.05) is 61.5 Å². The fraction of sp³-hybridized carbons (Fsp3) is 0.304. The molecule has 0 spiro atoms. The molecule has 6 nitrogen and oxygen atoms in total. The van der Waals surface area contributed by atoms with Crippen molar-refractivity contribution in [1.29, 1.82) is 0 Å². The molecule has 29 heavy (non-hydrogen) atoms. The molecule has 1 heterocycles. The van der Waals surface area contributed by atoms with Crippen molar-refractivity contribution in [2.45, 2.75) is 26.8 Å². The third kappa shape index (κ3) is 5.45. The van der Waals surface area contributed by atoms with E-state index in [2.05, 4.69) is 22.1 Å². The van der Waals surface area contributed by atoms with Gasteiger partial charge in [0.25, 0.3) is 0 Å². The monoisotopic (exact) mass is 393 g/mol. The molecule has 2 aromatic carbocycles. The molecule has 0 unspecified atom stereocenters. The fourth-order valence-corrected chi connectivity index (χ4v) is 3.16. The number of amides is 1. The molecule has 1 N–H and O–H groups in total. The summed E-state index contributed by atoms with van der Waals surface area (Å²) < 4.78 is 11.2. The van der Waals surface area contributed by atoms with E-state index in [9.17, 15) is 4.79 Å². The molecule has 1 amide bonds. The first-order chi connectivity index (χ1) is 14.1. The van der Waals surface area contributed by atoms with Gasteiger partial charge in [-0.1, -0.05) is 37.3 Å². The number of benzene rings is 2. The second kappa shape index (κ2) is 9.89. The quantitative estimate of drug-likeness (QED) is 0.579. The van der Waals surface area contributed by atoms with Crippen molar-refractivity contribution < 1.29 is 13.9 Å². The number of anilines is 1. The maximum atomic E-state index is 12.6. The Labute approximate surface area is 171 Å². The number of hydrogen-bond acceptors (Lipinski definition) is 5. The maximum Gasteiger partial charge on any atom is 0.238 e. The third-order valence-corrected chi connectivity index (χ3v) is 4.57. The molecule has 152 valence electrons. The number of oxazole rings is 1. The summed E-state index contributed by atoms with van der Waals surface area (Å²) in [6.07, 6.45) is 0.935. The Morgan fingerprint density at radius 2 is 1.86 bits per heavy atom. The number of carbonyl (C=O) groups is 1. The van der Waals surface area contributed by atoms with Crippen molar-refractivity contribution in [1.82, 2.24) is 9.88 Å². The Bertz CT molecular complexity index is 938. The number of aryl methyl sites for hydroxylation is 1. The van der Waals surface area contributed by atoms with Gasteiger partial charge in [0.15, 0.2) is 0 Å². The van der Waals surface area contributed by atoms with E-state index in [1.165, 1.54) is 0 Å². The minimum Gasteiger partial charge on any atom is -0.495 e. The number of carbonyl (C=O) groups excluding carboxylic acids is 1. The van der Waals surface area contributed by atoms with Gasteiger partial charge in [-0.05, 0) is 44.2 Å². The summed E-state index contributed by atoms with van der Waals surface area (Å²) in [7, 11) is 1.59. The lowest BCUT2D eigenvalue weighted by Crippen LogP contribution is -2.33. The average Bonchev–Trinajstić information content (AvgIpc) is 3.09. The lowest BCUT2D eigenvalue weighted by Gasteiger charge is -2.20. The zero-order chi connectivity index (χ0) is 20.6. The van der Waals surface area contributed by atoms with Crippen LogP contribution in [-0.4, -0.2) is 36.0 Å². The Kier molecular flexibility index (Phi) is 7.03. The number of methoxy groups -OCH3 is 1. The summed E-state index contributed by atoms with van der Waals surface area (Å²) in [6.45, 7) is 5.60. The predicted molar refractivity (Wildman–Crippen MR) is 114 cm³/mol. The molecule has 0 fully saturated rings. The highest BCUT2D eigenvalue weighted by Gasteiger charge is 2.17. The van der Waals surface area contributed by atoms with Crippen LogP contribution in [0.15, 0.2) is 59.0 Å². The number of hydrogen-bond donors (Lipinski definition) is 1. The first-order valence-corrected chi connectivity index (χ1v) is 9.77. The molecular weight excluding hydrogens is 366 g/mol. The Hall–Kier alpha value is -3.12. The molecule has 0 saturated heterocycles. The topological polar surface area (TPSA) is 67.6 Å². The lowest BCUT2D eigenvalue weighted by atomic mass is 10.2. The molecule has 3 rings (SSSR count). The molecule has 0 bridgehead atoms. The van der Waals surface area contributed by atoms with Crippen LogP contribution in [-0.2, 0) is 11.3 Å². The maximum absolute atomic E-state index is 12.6. The average molecular weight is 393 g/mol. The highest BCUT2D eigenvalue weighted by atomic mass is 16.5. The van der Waals surface area contributed by atoms with Gasteiger partial charge in [-0.25, -0.2) is 4.98 Å². The minimum absolute atomic E-state index is 0.0904. The second-order valence-electron chi connectivity index (χ2n) is 6.85. The van der Waals surface area contributed by atoms with Gasteiger partial charge >= 0.3 is 0 Å². The molecule has 0 aliphatic rings. The Morgan fingerprint density at radius 3 is 2.59 bits per heavy atom. The lowest BCUT2D eigenvalue weighted by molar-refractivity contribution is -0.117. The Balaban J connectivity index is 1.69. The summed E-state index contributed by atoms with van der Waals surface area (Å²) in [5, 5.41) is 2.93. The van der Waals surface area contributed by atoms with Crippen LogP contribution < -0.4 is 10.1 Å². The SMILES string of the molecule is CCCN(CC(=O)Nc1ccccc1OC)Cc1nc(-c2ccccc2)oc1C. The van der Waals surface area contributed by atoms with Gasteiger partial charge in [-0.15, -0.1) is 0 Å². The van der Waals surface area contributed by atoms with Crippen molar-refractivity contribution in [3.05, 3.63) is 66.1 Å². The molecule has 6 heteroatoms. The van der Waals surface area contributed by atoms with Crippen molar-refractivity contribution >= 4 is 11.6 Å². The second-order valence-corrected chi connectivity index (χ2v) is 6.85. The van der Waals surface area contributed by atoms with Gasteiger partial charge in [0.2, 0.25) is 11.8 Å². The van der Waals surface area contributed by atoms with Gasteiger partial charge in [-0.3, -0.25) is 9.69 Å². The Morgan fingerprint density at radius 1 is 1.14 bits per heavy atom. The minimum atomic E-state index is -0.0904. The largest absolute Gasteiger partial charge is 0.495 e. The smallest absolute Gasteiger partial charge is 0.238 e. The van der Waals surface area contributed by atoms with Crippen LogP contribution >= 0.6 is 0 Å². The van der Waals surface area contributed by atoms with Crippen LogP contribution in [0.2, 0.25) is 0 Å². The van der Waals surface area contributed by atoms with E-state index in [-0.39, 0.29) is 12.5 Å². The predicted octanol–water partition coefficient (Wildman–Crippen LogP) is 4.51. The van der Waals surface area contributed by atoms with E-state index in [4.69, 9.17) is 9.15 Å². The number of ether oxygens (including phenoxy) is 1. The van der Waals surface area contributed by atoms with Gasteiger partial charge < -0.3 is 14.5 Å². The summed E-state index contributed by atoms with van der Waals surface area (Å²) in [4.78, 5) is 19.3. The van der Waals surface area contributed by atoms with Crippen LogP contribution in [0.3, 0.4) is 0 Å². The molecular formula is C23H27N3O3. The standard InChI is InChI=1S/C23H27N3O3/c1-4-14-26(16-22(27)24-19-12-8-9-13-21(19)28-3)15-20-17(2)29-23(25-20)18-10-6-5-7-11-18/h5-13H,4,14-16H2,1-3H3,(H,24,27). The van der Waals surface area contributed by atoms with Crippen LogP contribution in [0.1, 0.15) is 24.8 Å². The zero-order valence-corrected chi connectivity index (χ0v) is 17.1. The fourth-order valence-electron chi connectivity index (χ4n) is 3.16. The van der Waals surface area contributed by atoms with E-state index < -0.39 is 0 Å². The van der Waals surface area contributed by atoms with Gasteiger partial charge in [0, 0.05) is 12.1 Å². The van der Waals surface area contributed by atoms with E-state index in [0.717, 1.165) is 30.0 Å². The number of rotatable bonds is 9. The molecule has 0 radical (unpaired) electrons. The zero-order valence-electron chi connectivity index (χ0n) is 17.1. The van der Waals surface area contributed by atoms with Crippen molar-refractivity contribution in [2.24, 2.45) is 0 Å². The van der Waals surface area contributed by atoms with E-state index in [0.29, 0.717) is 23.9 Å². The molecule has 1 aromatic heterocycles. The third-order valence-electron chi connectivity index (χ3n) is 4.57. The summed E-state index contributed by atoms with van der Waals surface area (Å²) in [5.74, 6) is 1.93. The summed E-state index contributed by atoms with van der Waals surface area (Å²) >= 11 is 0. The number of para-hydroxylation sites is 2. The first kappa shape index (κ1) is 20.6. The number of aromatic nitrogens is 1. The first-order valence-electron chi connectivity index (χ1n) is 9.77. The molecule has 0 saturated carbocycles. The normalized spacial score (nSPS) is 10.9. The molecule has 0 aliphatic carbocycles. The highest BCUT2D eigenvalue weighted by Crippen LogP contribution is 2.24. The van der Waals surface area contributed by atoms with Crippen molar-refractivity contribution in [2.75, 3.05) is 25.5 Å². The summed E-state index contributed by atoms with van der Waals surface area (Å²) in [5.41, 5.74) is 2.46. The molecule has 0 aliphatic heterocycles. The van der Waals surface area contributed by atoms with E-state index >= 15 is 0 Å². The van der Waals surface area contributed by atoms with Gasteiger partial charge in [0.1, 0.15) is 11.5 Å². The number of nitrogens with zero attached hydrogens (tertiary/aromatic N) is 2. The van der Waals surface area contributed by atoms with Crippen molar-refractivity contribution in [3.63, 3.8) is 0 Å². The van der Waals surface area contributed by atoms with Crippen molar-refractivity contribution in [3.8, 4) is 17.2 Å². The van der Waals surface area contributed by atoms with Crippen LogP contribution in [0, 0.1) is 6.92 Å². The van der Waals surface area contributed by atoms with Gasteiger partial charge in [0.05, 0.1) is 25.0 Å². The number of nitrogens with one attached hydrogen (secondary N) is 1. The van der Waals surface area contributed by atoms with Crippen LogP contribution in [0.4, 0.5) is 5.69 Å². The molecule has 0 atom stereocenters. The van der Waals surface area contributed by atoms with E-state index in [1.54, 1.807) is 7.11 Å². The van der Waals surface area contributed by atoms with Crippen LogP contribution in [0.25, 0.3) is 11.5 Å². The molecule has 3 aromatic rings. The van der Waals surface area contributed by atoms with Gasteiger partial charge in [-0.2, -0.15) is 0 Å². The van der Waals surface area contributed by atoms with Crippen LogP contribution in [0.5, 0.6) is 5.75 Å². The summed E-state index contributed by atoms with van der Waals surface area (Å²) in [6, 6.07) is 17.2.